The number of nitrogens with zero attached hydrogens (tertiary/aromatic N) is 2. The monoisotopic (exact) mass is 574 g/mol. The first-order chi connectivity index (χ1) is 18.3. The van der Waals surface area contributed by atoms with Crippen LogP contribution in [0.5, 0.6) is 5.75 Å². The number of hydrogen-bond acceptors (Lipinski definition) is 6. The minimum atomic E-state index is -1.55. The van der Waals surface area contributed by atoms with Gasteiger partial charge in [0, 0.05) is 19.4 Å². The fourth-order valence-corrected chi connectivity index (χ4v) is 6.18. The summed E-state index contributed by atoms with van der Waals surface area (Å²) in [5.41, 5.74) is 2.72. The second-order valence-corrected chi connectivity index (χ2v) is 11.6. The molecule has 9 nitrogen and oxygen atoms in total. The Hall–Kier alpha value is -3.41. The van der Waals surface area contributed by atoms with Gasteiger partial charge in [0.05, 0.1) is 28.9 Å². The zero-order chi connectivity index (χ0) is 27.1. The highest BCUT2D eigenvalue weighted by molar-refractivity contribution is 7.88. The first kappa shape index (κ1) is 27.6. The van der Waals surface area contributed by atoms with E-state index >= 15 is 0 Å². The summed E-state index contributed by atoms with van der Waals surface area (Å²) in [7, 11) is 0.0329. The van der Waals surface area contributed by atoms with E-state index in [0.29, 0.717) is 52.5 Å². The van der Waals surface area contributed by atoms with Crippen molar-refractivity contribution in [2.75, 3.05) is 11.8 Å². The molecular weight excluding hydrogens is 548 g/mol. The van der Waals surface area contributed by atoms with Crippen molar-refractivity contribution in [2.24, 2.45) is 0 Å². The summed E-state index contributed by atoms with van der Waals surface area (Å²) in [6.45, 7) is 0.814. The SMILES string of the molecule is COc1cccc2c1c(NS(=O)c1ccc(Cl)s1)nn2Cc1cccc(CNC(=O)CCCCC(=O)O)c1. The number of carbonyl (C=O) groups excluding carboxylic acids is 1. The molecule has 2 heterocycles. The lowest BCUT2D eigenvalue weighted by Crippen LogP contribution is -2.22. The maximum Gasteiger partial charge on any atom is 0.303 e. The van der Waals surface area contributed by atoms with Gasteiger partial charge < -0.3 is 15.2 Å². The number of aliphatic carboxylic acids is 1. The summed E-state index contributed by atoms with van der Waals surface area (Å²) in [5, 5.41) is 17.0. The van der Waals surface area contributed by atoms with Crippen LogP contribution in [0.1, 0.15) is 36.8 Å². The van der Waals surface area contributed by atoms with Crippen molar-refractivity contribution in [3.63, 3.8) is 0 Å². The molecule has 0 fully saturated rings. The average Bonchev–Trinajstić information content (AvgIpc) is 3.49. The van der Waals surface area contributed by atoms with E-state index in [0.717, 1.165) is 22.0 Å². The third kappa shape index (κ3) is 7.12. The molecule has 38 heavy (non-hydrogen) atoms. The Kier molecular flexibility index (Phi) is 9.38. The van der Waals surface area contributed by atoms with Crippen molar-refractivity contribution in [3.05, 3.63) is 70.1 Å². The van der Waals surface area contributed by atoms with E-state index in [1.54, 1.807) is 19.2 Å². The number of carbonyl (C=O) groups is 2. The second kappa shape index (κ2) is 12.9. The van der Waals surface area contributed by atoms with Gasteiger partial charge in [0.1, 0.15) is 9.96 Å². The molecule has 200 valence electrons. The lowest BCUT2D eigenvalue weighted by molar-refractivity contribution is -0.137. The number of hydrogen-bond donors (Lipinski definition) is 3. The van der Waals surface area contributed by atoms with Gasteiger partial charge in [0.15, 0.2) is 16.8 Å². The van der Waals surface area contributed by atoms with Crippen LogP contribution in [0.4, 0.5) is 5.82 Å². The summed E-state index contributed by atoms with van der Waals surface area (Å²) in [4.78, 5) is 22.7. The second-order valence-electron chi connectivity index (χ2n) is 8.49. The van der Waals surface area contributed by atoms with E-state index in [4.69, 9.17) is 26.5 Å². The minimum Gasteiger partial charge on any atom is -0.496 e. The molecule has 4 aromatic rings. The Bertz CT molecular complexity index is 1470. The third-order valence-electron chi connectivity index (χ3n) is 5.74. The molecule has 12 heteroatoms. The van der Waals surface area contributed by atoms with Crippen molar-refractivity contribution in [1.82, 2.24) is 15.1 Å². The fourth-order valence-electron chi connectivity index (χ4n) is 3.96. The number of amides is 1. The number of ether oxygens (including phenoxy) is 1. The Labute approximate surface area is 231 Å². The standard InChI is InChI=1S/C26H27ClN4O5S2/c1-36-20-9-5-8-19-25(20)26(30-38(35)24-13-12-21(27)37-24)29-31(19)16-18-7-4-6-17(14-18)15-28-22(32)10-2-3-11-23(33)34/h4-9,12-14H,2-3,10-11,15-16H2,1H3,(H,28,32)(H,29,30)(H,33,34). The maximum absolute atomic E-state index is 12.9. The van der Waals surface area contributed by atoms with E-state index in [1.165, 1.54) is 11.3 Å². The molecule has 2 aromatic heterocycles. The van der Waals surface area contributed by atoms with Crippen LogP contribution in [-0.2, 0) is 33.7 Å². The van der Waals surface area contributed by atoms with Gasteiger partial charge >= 0.3 is 5.97 Å². The van der Waals surface area contributed by atoms with Crippen LogP contribution in [0, 0.1) is 0 Å². The van der Waals surface area contributed by atoms with Crippen LogP contribution in [0.2, 0.25) is 4.34 Å². The number of carboxylic acid groups (broad SMARTS) is 1. The normalized spacial score (nSPS) is 11.8. The van der Waals surface area contributed by atoms with Crippen LogP contribution < -0.4 is 14.8 Å². The molecule has 1 atom stereocenters. The number of unbranched alkanes of at least 4 members (excludes halogenated alkanes) is 1. The third-order valence-corrected chi connectivity index (χ3v) is 8.35. The predicted molar refractivity (Wildman–Crippen MR) is 149 cm³/mol. The molecule has 0 spiro atoms. The Balaban J connectivity index is 1.48. The van der Waals surface area contributed by atoms with Crippen molar-refractivity contribution < 1.29 is 23.6 Å². The molecule has 3 N–H and O–H groups in total. The van der Waals surface area contributed by atoms with Crippen LogP contribution in [-0.4, -0.2) is 38.1 Å². The lowest BCUT2D eigenvalue weighted by Gasteiger charge is -2.09. The molecule has 0 saturated heterocycles. The van der Waals surface area contributed by atoms with E-state index in [2.05, 4.69) is 10.0 Å². The van der Waals surface area contributed by atoms with E-state index in [-0.39, 0.29) is 12.3 Å². The van der Waals surface area contributed by atoms with Gasteiger partial charge in [-0.05, 0) is 48.2 Å². The zero-order valence-electron chi connectivity index (χ0n) is 20.6. The summed E-state index contributed by atoms with van der Waals surface area (Å²) >= 11 is 7.25. The van der Waals surface area contributed by atoms with Crippen molar-refractivity contribution in [3.8, 4) is 5.75 Å². The molecule has 0 aliphatic carbocycles. The first-order valence-corrected chi connectivity index (χ1v) is 14.2. The highest BCUT2D eigenvalue weighted by Gasteiger charge is 2.18. The van der Waals surface area contributed by atoms with E-state index in [9.17, 15) is 13.8 Å². The summed E-state index contributed by atoms with van der Waals surface area (Å²) in [6, 6.07) is 16.9. The van der Waals surface area contributed by atoms with E-state index < -0.39 is 17.0 Å². The highest BCUT2D eigenvalue weighted by atomic mass is 35.5. The molecule has 0 aliphatic heterocycles. The number of carboxylic acids is 1. The fraction of sp³-hybridized carbons (Fsp3) is 0.269. The summed E-state index contributed by atoms with van der Waals surface area (Å²) in [6.07, 6.45) is 1.38. The molecule has 2 aromatic carbocycles. The quantitative estimate of drug-likeness (QED) is 0.189. The first-order valence-electron chi connectivity index (χ1n) is 11.9. The van der Waals surface area contributed by atoms with Gasteiger partial charge in [-0.15, -0.1) is 11.3 Å². The number of thiophene rings is 1. The van der Waals surface area contributed by atoms with Crippen LogP contribution in [0.25, 0.3) is 10.9 Å². The molecule has 0 saturated carbocycles. The Morgan fingerprint density at radius 1 is 1.11 bits per heavy atom. The van der Waals surface area contributed by atoms with Crippen LogP contribution in [0.15, 0.2) is 58.8 Å². The number of halogens is 1. The minimum absolute atomic E-state index is 0.0683. The lowest BCUT2D eigenvalue weighted by atomic mass is 10.1. The Morgan fingerprint density at radius 3 is 2.61 bits per heavy atom. The molecule has 1 unspecified atom stereocenters. The zero-order valence-corrected chi connectivity index (χ0v) is 23.0. The van der Waals surface area contributed by atoms with Gasteiger partial charge in [0.2, 0.25) is 5.91 Å². The van der Waals surface area contributed by atoms with E-state index in [1.807, 2.05) is 47.1 Å². The number of methoxy groups -OCH3 is 1. The molecule has 4 rings (SSSR count). The van der Waals surface area contributed by atoms with Gasteiger partial charge in [-0.1, -0.05) is 41.9 Å². The van der Waals surface area contributed by atoms with Crippen molar-refractivity contribution in [2.45, 2.75) is 43.0 Å². The van der Waals surface area contributed by atoms with Gasteiger partial charge in [-0.2, -0.15) is 5.10 Å². The van der Waals surface area contributed by atoms with Crippen LogP contribution >= 0.6 is 22.9 Å². The smallest absolute Gasteiger partial charge is 0.303 e. The van der Waals surface area contributed by atoms with Crippen LogP contribution in [0.3, 0.4) is 0 Å². The van der Waals surface area contributed by atoms with Crippen molar-refractivity contribution in [1.29, 1.82) is 0 Å². The molecule has 0 aliphatic rings. The number of nitrogens with one attached hydrogen (secondary N) is 2. The van der Waals surface area contributed by atoms with Gasteiger partial charge in [-0.3, -0.25) is 19.0 Å². The average molecular weight is 575 g/mol. The molecule has 1 amide bonds. The predicted octanol–water partition coefficient (Wildman–Crippen LogP) is 5.20. The maximum atomic E-state index is 12.9. The largest absolute Gasteiger partial charge is 0.496 e. The number of aromatic nitrogens is 2. The number of rotatable bonds is 13. The van der Waals surface area contributed by atoms with Gasteiger partial charge in [0.25, 0.3) is 0 Å². The molecular formula is C26H27ClN4O5S2. The van der Waals surface area contributed by atoms with Gasteiger partial charge in [-0.25, -0.2) is 4.21 Å². The Morgan fingerprint density at radius 2 is 1.87 bits per heavy atom. The molecule has 0 bridgehead atoms. The highest BCUT2D eigenvalue weighted by Crippen LogP contribution is 2.34. The topological polar surface area (TPSA) is 123 Å². The number of benzene rings is 2. The summed E-state index contributed by atoms with van der Waals surface area (Å²) < 4.78 is 24.4. The number of fused-ring (bicyclic) bond motifs is 1. The number of anilines is 1. The van der Waals surface area contributed by atoms with Crippen molar-refractivity contribution >= 4 is 62.5 Å². The summed E-state index contributed by atoms with van der Waals surface area (Å²) in [5.74, 6) is 0.0832. The molecule has 0 radical (unpaired) electrons.